The fourth-order valence-electron chi connectivity index (χ4n) is 9.86. The highest BCUT2D eigenvalue weighted by Gasteiger charge is 2.47. The Kier molecular flexibility index (Phi) is 7.90. The summed E-state index contributed by atoms with van der Waals surface area (Å²) in [6.45, 7) is -0.408. The summed E-state index contributed by atoms with van der Waals surface area (Å²) in [7, 11) is 0. The fraction of sp³-hybridized carbons (Fsp3) is 0. The molecule has 0 atom stereocenters. The van der Waals surface area contributed by atoms with Gasteiger partial charge in [0.2, 0.25) is 0 Å². The molecule has 0 N–H and O–H groups in total. The van der Waals surface area contributed by atoms with Crippen LogP contribution in [0.1, 0.15) is 0 Å². The van der Waals surface area contributed by atoms with E-state index in [1.54, 1.807) is 11.3 Å². The van der Waals surface area contributed by atoms with E-state index in [2.05, 4.69) is 204 Å². The van der Waals surface area contributed by atoms with Crippen molar-refractivity contribution < 1.29 is 8.83 Å². The molecule has 3 nitrogen and oxygen atoms in total. The van der Waals surface area contributed by atoms with Gasteiger partial charge in [-0.15, -0.1) is 11.3 Å². The smallest absolute Gasteiger partial charge is 0.290 e. The Morgan fingerprint density at radius 1 is 0.443 bits per heavy atom. The van der Waals surface area contributed by atoms with Gasteiger partial charge in [0.05, 0.1) is 22.7 Å². The fourth-order valence-corrected chi connectivity index (χ4v) is 11.7. The van der Waals surface area contributed by atoms with E-state index in [4.69, 9.17) is 8.83 Å². The van der Waals surface area contributed by atoms with Gasteiger partial charge in [-0.05, 0) is 105 Å². The molecular formula is C54H33B2NO2S2. The van der Waals surface area contributed by atoms with Gasteiger partial charge in [0.1, 0.15) is 11.2 Å². The molecule has 0 saturated heterocycles. The number of furan rings is 2. The average molecular weight is 814 g/mol. The lowest BCUT2D eigenvalue weighted by Gasteiger charge is -2.33. The molecule has 0 amide bonds. The summed E-state index contributed by atoms with van der Waals surface area (Å²) in [5.74, 6) is 0. The minimum absolute atomic E-state index is 0.200. The molecule has 2 aliphatic rings. The van der Waals surface area contributed by atoms with E-state index in [-0.39, 0.29) is 13.4 Å². The van der Waals surface area contributed by atoms with Crippen molar-refractivity contribution in [2.75, 3.05) is 4.90 Å². The van der Waals surface area contributed by atoms with E-state index in [9.17, 15) is 0 Å². The predicted octanol–water partition coefficient (Wildman–Crippen LogP) is 11.0. The molecule has 0 fully saturated rings. The number of anilines is 3. The van der Waals surface area contributed by atoms with Crippen LogP contribution in [0.5, 0.6) is 0 Å². The zero-order valence-electron chi connectivity index (χ0n) is 32.8. The average Bonchev–Trinajstić information content (AvgIpc) is 4.05. The molecule has 0 bridgehead atoms. The van der Waals surface area contributed by atoms with E-state index in [1.165, 1.54) is 69.9 Å². The summed E-state index contributed by atoms with van der Waals surface area (Å²) >= 11 is 3.58. The monoisotopic (exact) mass is 813 g/mol. The van der Waals surface area contributed by atoms with Crippen molar-refractivity contribution in [2.45, 2.75) is 9.79 Å². The first-order valence-electron chi connectivity index (χ1n) is 20.7. The molecule has 3 aromatic heterocycles. The first kappa shape index (κ1) is 34.9. The molecule has 7 heteroatoms. The van der Waals surface area contributed by atoms with E-state index in [0.717, 1.165) is 44.4 Å². The van der Waals surface area contributed by atoms with Gasteiger partial charge in [0.15, 0.2) is 0 Å². The van der Waals surface area contributed by atoms with Gasteiger partial charge in [0, 0.05) is 31.0 Å². The zero-order valence-corrected chi connectivity index (χ0v) is 34.4. The van der Waals surface area contributed by atoms with Crippen LogP contribution in [0, 0.1) is 0 Å². The molecular weight excluding hydrogens is 780 g/mol. The number of thiophene rings is 1. The van der Waals surface area contributed by atoms with Crippen molar-refractivity contribution in [2.24, 2.45) is 0 Å². The Hall–Kier alpha value is -6.92. The number of benzene rings is 8. The van der Waals surface area contributed by atoms with Crippen LogP contribution in [-0.2, 0) is 0 Å². The third kappa shape index (κ3) is 5.47. The van der Waals surface area contributed by atoms with Crippen LogP contribution < -0.4 is 38.1 Å². The van der Waals surface area contributed by atoms with Crippen molar-refractivity contribution >= 4 is 119 Å². The second-order valence-corrected chi connectivity index (χ2v) is 18.0. The summed E-state index contributed by atoms with van der Waals surface area (Å²) in [4.78, 5) is 4.89. The molecule has 0 unspecified atom stereocenters. The standard InChI is InChI=1S/C54H33B2NO2S2/c1-3-13-34(14-4-1)40-28-25-38(32-42(40)35-15-5-2-6-16-35)56-51-41-17-7-10-20-46(41)58-53(51)55(52-43-31-36-29-30-60-50(36)33-47(43)59-54(52)56)37-23-26-39(27-24-37)57-44-18-8-11-21-48(44)61-49-22-12-9-19-45(49)57/h1-33H. The molecule has 0 saturated carbocycles. The number of hydrogen-bond acceptors (Lipinski definition) is 5. The van der Waals surface area contributed by atoms with Crippen molar-refractivity contribution in [3.63, 3.8) is 0 Å². The van der Waals surface area contributed by atoms with E-state index < -0.39 is 0 Å². The lowest BCUT2D eigenvalue weighted by Crippen LogP contribution is -2.73. The zero-order chi connectivity index (χ0) is 40.0. The number of fused-ring (bicyclic) bond motifs is 9. The quantitative estimate of drug-likeness (QED) is 0.162. The molecule has 5 heterocycles. The molecule has 61 heavy (non-hydrogen) atoms. The topological polar surface area (TPSA) is 29.5 Å². The van der Waals surface area contributed by atoms with Gasteiger partial charge in [-0.3, -0.25) is 0 Å². The highest BCUT2D eigenvalue weighted by atomic mass is 32.2. The van der Waals surface area contributed by atoms with E-state index in [1.807, 2.05) is 11.8 Å². The van der Waals surface area contributed by atoms with E-state index >= 15 is 0 Å². The van der Waals surface area contributed by atoms with Gasteiger partial charge in [0.25, 0.3) is 13.4 Å². The van der Waals surface area contributed by atoms with Crippen LogP contribution in [-0.4, -0.2) is 13.4 Å². The van der Waals surface area contributed by atoms with Crippen molar-refractivity contribution in [3.05, 3.63) is 200 Å². The summed E-state index contributed by atoms with van der Waals surface area (Å²) in [6.07, 6.45) is 0. The molecule has 284 valence electrons. The second-order valence-electron chi connectivity index (χ2n) is 15.9. The van der Waals surface area contributed by atoms with Crippen molar-refractivity contribution in [1.82, 2.24) is 0 Å². The minimum atomic E-state index is -0.208. The highest BCUT2D eigenvalue weighted by Crippen LogP contribution is 2.51. The molecule has 0 spiro atoms. The lowest BCUT2D eigenvalue weighted by molar-refractivity contribution is 0.647. The van der Waals surface area contributed by atoms with Crippen LogP contribution in [0.2, 0.25) is 0 Å². The lowest BCUT2D eigenvalue weighted by atomic mass is 9.24. The van der Waals surface area contributed by atoms with Gasteiger partial charge in [-0.2, -0.15) is 0 Å². The van der Waals surface area contributed by atoms with Gasteiger partial charge in [-0.25, -0.2) is 0 Å². The number of hydrogen-bond donors (Lipinski definition) is 0. The van der Waals surface area contributed by atoms with Crippen molar-refractivity contribution in [1.29, 1.82) is 0 Å². The van der Waals surface area contributed by atoms with E-state index in [0.29, 0.717) is 0 Å². The van der Waals surface area contributed by atoms with Crippen molar-refractivity contribution in [3.8, 4) is 22.3 Å². The molecule has 8 aromatic carbocycles. The maximum absolute atomic E-state index is 7.27. The third-order valence-electron chi connectivity index (χ3n) is 12.6. The molecule has 13 rings (SSSR count). The number of para-hydroxylation sites is 3. The van der Waals surface area contributed by atoms with Crippen LogP contribution in [0.25, 0.3) is 54.3 Å². The normalized spacial score (nSPS) is 13.1. The van der Waals surface area contributed by atoms with Crippen LogP contribution >= 0.6 is 23.1 Å². The number of nitrogens with zero attached hydrogens (tertiary/aromatic N) is 1. The summed E-state index contributed by atoms with van der Waals surface area (Å²) in [5, 5.41) is 5.64. The Morgan fingerprint density at radius 3 is 1.77 bits per heavy atom. The molecule has 0 aliphatic carbocycles. The summed E-state index contributed by atoms with van der Waals surface area (Å²) in [5.41, 5.74) is 16.7. The third-order valence-corrected chi connectivity index (χ3v) is 14.6. The molecule has 11 aromatic rings. The van der Waals surface area contributed by atoms with Gasteiger partial charge in [-0.1, -0.05) is 156 Å². The van der Waals surface area contributed by atoms with Gasteiger partial charge < -0.3 is 13.7 Å². The first-order valence-corrected chi connectivity index (χ1v) is 22.4. The predicted molar refractivity (Wildman–Crippen MR) is 260 cm³/mol. The van der Waals surface area contributed by atoms with Gasteiger partial charge >= 0.3 is 0 Å². The summed E-state index contributed by atoms with van der Waals surface area (Å²) < 4.78 is 15.6. The number of rotatable bonds is 5. The largest absolute Gasteiger partial charge is 0.471 e. The Bertz CT molecular complexity index is 3440. The molecule has 0 radical (unpaired) electrons. The molecule has 2 aliphatic heterocycles. The summed E-state index contributed by atoms with van der Waals surface area (Å²) in [6, 6.07) is 70.3. The van der Waals surface area contributed by atoms with Crippen LogP contribution in [0.4, 0.5) is 17.1 Å². The van der Waals surface area contributed by atoms with Crippen LogP contribution in [0.3, 0.4) is 0 Å². The Labute approximate surface area is 362 Å². The second kappa shape index (κ2) is 13.8. The SMILES string of the molecule is c1ccc(-c2ccc(B3c4oc5cc6sccc6cc5c4B(c4ccc(N5c6ccccc6Sc6ccccc65)cc4)c4oc5ccccc5c43)cc2-c2ccccc2)cc1. The first-order chi connectivity index (χ1) is 30.2. The maximum atomic E-state index is 7.27. The van der Waals surface area contributed by atoms with Crippen LogP contribution in [0.15, 0.2) is 218 Å². The highest BCUT2D eigenvalue weighted by molar-refractivity contribution is 7.99. The Morgan fingerprint density at radius 2 is 1.03 bits per heavy atom. The maximum Gasteiger partial charge on any atom is 0.290 e. The Balaban J connectivity index is 1.04. The minimum Gasteiger partial charge on any atom is -0.471 e.